The van der Waals surface area contributed by atoms with Gasteiger partial charge >= 0.3 is 0 Å². The average molecular weight is 318 g/mol. The fraction of sp³-hybridized carbons (Fsp3) is 0.133. The summed E-state index contributed by atoms with van der Waals surface area (Å²) in [6.07, 6.45) is 1.89. The van der Waals surface area contributed by atoms with Crippen molar-refractivity contribution in [3.63, 3.8) is 0 Å². The van der Waals surface area contributed by atoms with Crippen LogP contribution in [0.5, 0.6) is 11.6 Å². The molecule has 106 valence electrons. The lowest BCUT2D eigenvalue weighted by Gasteiger charge is -2.09. The zero-order valence-corrected chi connectivity index (χ0v) is 13.1. The molecule has 0 atom stereocenters. The van der Waals surface area contributed by atoms with Crippen LogP contribution >= 0.6 is 23.4 Å². The lowest BCUT2D eigenvalue weighted by Crippen LogP contribution is -1.94. The van der Waals surface area contributed by atoms with Crippen LogP contribution in [-0.2, 0) is 0 Å². The van der Waals surface area contributed by atoms with E-state index in [9.17, 15) is 0 Å². The average Bonchev–Trinajstić information content (AvgIpc) is 2.47. The number of nitrogens with zero attached hydrogens (tertiary/aromatic N) is 3. The first-order valence-corrected chi connectivity index (χ1v) is 7.89. The normalized spacial score (nSPS) is 10.8. The third-order valence-corrected chi connectivity index (χ3v) is 3.61. The van der Waals surface area contributed by atoms with Crippen molar-refractivity contribution in [2.75, 3.05) is 6.26 Å². The lowest BCUT2D eigenvalue weighted by atomic mass is 10.2. The van der Waals surface area contributed by atoms with Crippen LogP contribution < -0.4 is 4.74 Å². The predicted molar refractivity (Wildman–Crippen MR) is 85.4 cm³/mol. The van der Waals surface area contributed by atoms with E-state index in [1.165, 1.54) is 11.8 Å². The zero-order valence-electron chi connectivity index (χ0n) is 11.5. The molecule has 0 radical (unpaired) electrons. The Bertz CT molecular complexity index is 810. The number of benzene rings is 1. The summed E-state index contributed by atoms with van der Waals surface area (Å²) < 4.78 is 5.86. The molecule has 0 N–H and O–H groups in total. The molecule has 2 heterocycles. The molecule has 0 aliphatic carbocycles. The maximum Gasteiger partial charge on any atom is 0.224 e. The first kappa shape index (κ1) is 14.1. The van der Waals surface area contributed by atoms with E-state index in [-0.39, 0.29) is 0 Å². The van der Waals surface area contributed by atoms with Crippen molar-refractivity contribution in [1.29, 1.82) is 0 Å². The molecule has 0 saturated carbocycles. The van der Waals surface area contributed by atoms with Crippen molar-refractivity contribution in [2.45, 2.75) is 12.1 Å². The topological polar surface area (TPSA) is 47.9 Å². The number of hydrogen-bond acceptors (Lipinski definition) is 5. The second-order valence-electron chi connectivity index (χ2n) is 4.40. The molecule has 0 spiro atoms. The summed E-state index contributed by atoms with van der Waals surface area (Å²) in [5, 5.41) is 1.94. The van der Waals surface area contributed by atoms with Crippen LogP contribution in [0.1, 0.15) is 5.69 Å². The van der Waals surface area contributed by atoms with Gasteiger partial charge < -0.3 is 4.74 Å². The Morgan fingerprint density at radius 1 is 1.10 bits per heavy atom. The number of rotatable bonds is 3. The molecule has 0 amide bonds. The molecular weight excluding hydrogens is 306 g/mol. The second kappa shape index (κ2) is 5.87. The fourth-order valence-electron chi connectivity index (χ4n) is 1.93. The maximum atomic E-state index is 5.98. The van der Waals surface area contributed by atoms with Crippen LogP contribution in [0.2, 0.25) is 5.15 Å². The Hall–Kier alpha value is -1.85. The van der Waals surface area contributed by atoms with Gasteiger partial charge in [0.1, 0.15) is 10.7 Å². The summed E-state index contributed by atoms with van der Waals surface area (Å²) in [6.45, 7) is 1.95. The Kier molecular flexibility index (Phi) is 3.94. The lowest BCUT2D eigenvalue weighted by molar-refractivity contribution is 0.459. The minimum Gasteiger partial charge on any atom is -0.437 e. The Balaban J connectivity index is 2.05. The molecule has 0 fully saturated rings. The van der Waals surface area contributed by atoms with E-state index in [1.807, 2.05) is 43.5 Å². The quantitative estimate of drug-likeness (QED) is 0.404. The summed E-state index contributed by atoms with van der Waals surface area (Å²) in [6, 6.07) is 11.4. The van der Waals surface area contributed by atoms with Crippen molar-refractivity contribution < 1.29 is 4.74 Å². The summed E-state index contributed by atoms with van der Waals surface area (Å²) >= 11 is 7.39. The van der Waals surface area contributed by atoms with E-state index in [0.717, 1.165) is 16.6 Å². The van der Waals surface area contributed by atoms with E-state index in [4.69, 9.17) is 16.3 Å². The molecule has 0 aliphatic heterocycles. The molecule has 1 aromatic carbocycles. The van der Waals surface area contributed by atoms with E-state index < -0.39 is 0 Å². The van der Waals surface area contributed by atoms with Gasteiger partial charge in [0.15, 0.2) is 10.9 Å². The molecular formula is C15H12ClN3OS. The van der Waals surface area contributed by atoms with Crippen molar-refractivity contribution in [3.8, 4) is 11.6 Å². The first-order valence-electron chi connectivity index (χ1n) is 6.28. The molecule has 3 rings (SSSR count). The number of ether oxygens (including phenoxy) is 1. The molecule has 2 aromatic heterocycles. The smallest absolute Gasteiger partial charge is 0.224 e. The highest BCUT2D eigenvalue weighted by Crippen LogP contribution is 2.29. The van der Waals surface area contributed by atoms with Crippen molar-refractivity contribution in [1.82, 2.24) is 15.0 Å². The zero-order chi connectivity index (χ0) is 14.8. The number of thioether (sulfide) groups is 1. The Morgan fingerprint density at radius 3 is 2.76 bits per heavy atom. The molecule has 21 heavy (non-hydrogen) atoms. The number of fused-ring (bicyclic) bond motifs is 1. The van der Waals surface area contributed by atoms with Gasteiger partial charge in [-0.25, -0.2) is 9.97 Å². The predicted octanol–water partition coefficient (Wildman–Crippen LogP) is 4.50. The minimum atomic E-state index is 0.355. The van der Waals surface area contributed by atoms with Gasteiger partial charge in [-0.15, -0.1) is 0 Å². The third-order valence-electron chi connectivity index (χ3n) is 2.87. The number of para-hydroxylation sites is 1. The van der Waals surface area contributed by atoms with Crippen molar-refractivity contribution >= 4 is 34.3 Å². The highest BCUT2D eigenvalue weighted by atomic mass is 35.5. The van der Waals surface area contributed by atoms with Gasteiger partial charge in [0.05, 0.1) is 0 Å². The van der Waals surface area contributed by atoms with Gasteiger partial charge in [0.25, 0.3) is 0 Å². The van der Waals surface area contributed by atoms with Gasteiger partial charge in [-0.2, -0.15) is 4.98 Å². The Labute approximate surface area is 131 Å². The standard InChI is InChI=1S/C15H12ClN3OS/c1-9-6-7-10-4-3-5-11(14(10)17-9)20-13-8-12(16)18-15(19-13)21-2/h3-8H,1-2H3. The molecule has 6 heteroatoms. The third kappa shape index (κ3) is 3.09. The van der Waals surface area contributed by atoms with Crippen LogP contribution in [0, 0.1) is 6.92 Å². The summed E-state index contributed by atoms with van der Waals surface area (Å²) in [4.78, 5) is 12.9. The van der Waals surface area contributed by atoms with Crippen LogP contribution in [-0.4, -0.2) is 21.2 Å². The molecule has 0 unspecified atom stereocenters. The highest BCUT2D eigenvalue weighted by molar-refractivity contribution is 7.98. The second-order valence-corrected chi connectivity index (χ2v) is 5.56. The van der Waals surface area contributed by atoms with Crippen LogP contribution in [0.3, 0.4) is 0 Å². The molecule has 0 bridgehead atoms. The fourth-order valence-corrected chi connectivity index (χ4v) is 2.53. The number of hydrogen-bond donors (Lipinski definition) is 0. The molecule has 0 aliphatic rings. The summed E-state index contributed by atoms with van der Waals surface area (Å²) in [7, 11) is 0. The van der Waals surface area contributed by atoms with E-state index in [2.05, 4.69) is 15.0 Å². The van der Waals surface area contributed by atoms with Crippen LogP contribution in [0.15, 0.2) is 41.6 Å². The first-order chi connectivity index (χ1) is 10.2. The van der Waals surface area contributed by atoms with Gasteiger partial charge in [0.2, 0.25) is 5.88 Å². The SMILES string of the molecule is CSc1nc(Cl)cc(Oc2cccc3ccc(C)nc23)n1. The molecule has 3 aromatic rings. The highest BCUT2D eigenvalue weighted by Gasteiger charge is 2.08. The van der Waals surface area contributed by atoms with E-state index in [0.29, 0.717) is 21.9 Å². The van der Waals surface area contributed by atoms with Gasteiger partial charge in [-0.05, 0) is 25.3 Å². The van der Waals surface area contributed by atoms with Crippen LogP contribution in [0.4, 0.5) is 0 Å². The maximum absolute atomic E-state index is 5.98. The molecule has 4 nitrogen and oxygen atoms in total. The molecule has 0 saturated heterocycles. The van der Waals surface area contributed by atoms with Gasteiger partial charge in [-0.1, -0.05) is 41.6 Å². The van der Waals surface area contributed by atoms with Crippen molar-refractivity contribution in [2.24, 2.45) is 0 Å². The number of halogens is 1. The van der Waals surface area contributed by atoms with E-state index >= 15 is 0 Å². The number of aryl methyl sites for hydroxylation is 1. The Morgan fingerprint density at radius 2 is 1.95 bits per heavy atom. The van der Waals surface area contributed by atoms with Crippen LogP contribution in [0.25, 0.3) is 10.9 Å². The summed E-state index contributed by atoms with van der Waals surface area (Å²) in [5.74, 6) is 1.06. The summed E-state index contributed by atoms with van der Waals surface area (Å²) in [5.41, 5.74) is 1.74. The number of pyridine rings is 1. The monoisotopic (exact) mass is 317 g/mol. The van der Waals surface area contributed by atoms with E-state index in [1.54, 1.807) is 6.07 Å². The van der Waals surface area contributed by atoms with Gasteiger partial charge in [-0.3, -0.25) is 0 Å². The van der Waals surface area contributed by atoms with Crippen molar-refractivity contribution in [3.05, 3.63) is 47.2 Å². The number of aromatic nitrogens is 3. The van der Waals surface area contributed by atoms with Gasteiger partial charge in [0, 0.05) is 17.1 Å². The minimum absolute atomic E-state index is 0.355. The largest absolute Gasteiger partial charge is 0.437 e.